The summed E-state index contributed by atoms with van der Waals surface area (Å²) in [4.78, 5) is 0. The lowest BCUT2D eigenvalue weighted by molar-refractivity contribution is 0.0447. The molecule has 0 aromatic heterocycles. The van der Waals surface area contributed by atoms with Crippen LogP contribution < -0.4 is 0 Å². The Bertz CT molecular complexity index is 106. The van der Waals surface area contributed by atoms with Crippen LogP contribution in [0.3, 0.4) is 0 Å². The Kier molecular flexibility index (Phi) is 1.08. The normalized spacial score (nSPS) is 56.7. The third-order valence-corrected chi connectivity index (χ3v) is 2.78. The van der Waals surface area contributed by atoms with Gasteiger partial charge in [0.05, 0.1) is 12.2 Å². The van der Waals surface area contributed by atoms with E-state index in [1.807, 2.05) is 0 Å². The second-order valence-electron chi connectivity index (χ2n) is 3.36. The van der Waals surface area contributed by atoms with Gasteiger partial charge in [0.25, 0.3) is 0 Å². The molecule has 0 saturated heterocycles. The van der Waals surface area contributed by atoms with Crippen molar-refractivity contribution in [1.29, 1.82) is 0 Å². The monoisotopic (exact) mass is 128 g/mol. The molecule has 2 aliphatic carbocycles. The van der Waals surface area contributed by atoms with E-state index in [2.05, 4.69) is 0 Å². The molecule has 0 aromatic carbocycles. The first-order chi connectivity index (χ1) is 4.27. The fourth-order valence-corrected chi connectivity index (χ4v) is 2.21. The van der Waals surface area contributed by atoms with Gasteiger partial charge in [-0.3, -0.25) is 0 Å². The highest BCUT2D eigenvalue weighted by atomic mass is 16.3. The van der Waals surface area contributed by atoms with Crippen molar-refractivity contribution in [3.05, 3.63) is 0 Å². The molecule has 0 spiro atoms. The molecule has 9 heavy (non-hydrogen) atoms. The smallest absolute Gasteiger partial charge is 0.0573 e. The maximum absolute atomic E-state index is 9.23. The Morgan fingerprint density at radius 2 is 1.22 bits per heavy atom. The largest absolute Gasteiger partial charge is 0.393 e. The van der Waals surface area contributed by atoms with E-state index in [1.165, 1.54) is 0 Å². The van der Waals surface area contributed by atoms with Crippen LogP contribution in [0.1, 0.15) is 19.3 Å². The summed E-state index contributed by atoms with van der Waals surface area (Å²) in [6.07, 6.45) is 2.54. The summed E-state index contributed by atoms with van der Waals surface area (Å²) in [6, 6.07) is 0. The minimum Gasteiger partial charge on any atom is -0.393 e. The second-order valence-corrected chi connectivity index (χ2v) is 3.36. The Morgan fingerprint density at radius 3 is 1.44 bits per heavy atom. The Labute approximate surface area is 54.5 Å². The van der Waals surface area contributed by atoms with Crippen molar-refractivity contribution in [2.45, 2.75) is 31.5 Å². The molecule has 2 fully saturated rings. The number of aliphatic hydroxyl groups is 2. The Balaban J connectivity index is 2.10. The summed E-state index contributed by atoms with van der Waals surface area (Å²) in [5.41, 5.74) is 0. The third-order valence-electron chi connectivity index (χ3n) is 2.78. The molecule has 2 saturated carbocycles. The van der Waals surface area contributed by atoms with Crippen LogP contribution in [0, 0.1) is 11.8 Å². The highest BCUT2D eigenvalue weighted by molar-refractivity contribution is 4.95. The molecule has 2 N–H and O–H groups in total. The van der Waals surface area contributed by atoms with Crippen molar-refractivity contribution >= 4 is 0 Å². The number of hydrogen-bond acceptors (Lipinski definition) is 2. The van der Waals surface area contributed by atoms with Crippen LogP contribution in [0.25, 0.3) is 0 Å². The van der Waals surface area contributed by atoms with Gasteiger partial charge in [-0.1, -0.05) is 0 Å². The molecule has 52 valence electrons. The Morgan fingerprint density at radius 1 is 0.778 bits per heavy atom. The molecule has 0 amide bonds. The fraction of sp³-hybridized carbons (Fsp3) is 1.00. The fourth-order valence-electron chi connectivity index (χ4n) is 2.21. The van der Waals surface area contributed by atoms with Crippen molar-refractivity contribution in [3.8, 4) is 0 Å². The molecule has 2 nitrogen and oxygen atoms in total. The highest BCUT2D eigenvalue weighted by Crippen LogP contribution is 2.44. The number of hydrogen-bond donors (Lipinski definition) is 2. The van der Waals surface area contributed by atoms with Gasteiger partial charge < -0.3 is 10.2 Å². The zero-order chi connectivity index (χ0) is 6.43. The summed E-state index contributed by atoms with van der Waals surface area (Å²) >= 11 is 0. The van der Waals surface area contributed by atoms with Gasteiger partial charge in [-0.2, -0.15) is 0 Å². The minimum atomic E-state index is -0.0987. The number of rotatable bonds is 0. The van der Waals surface area contributed by atoms with Gasteiger partial charge in [-0.25, -0.2) is 0 Å². The van der Waals surface area contributed by atoms with Gasteiger partial charge >= 0.3 is 0 Å². The summed E-state index contributed by atoms with van der Waals surface area (Å²) in [5, 5.41) is 18.5. The molecule has 4 atom stereocenters. The lowest BCUT2D eigenvalue weighted by Crippen LogP contribution is -2.24. The van der Waals surface area contributed by atoms with E-state index < -0.39 is 0 Å². The van der Waals surface area contributed by atoms with Crippen molar-refractivity contribution in [1.82, 2.24) is 0 Å². The highest BCUT2D eigenvalue weighted by Gasteiger charge is 2.44. The first-order valence-corrected chi connectivity index (χ1v) is 3.63. The quantitative estimate of drug-likeness (QED) is 0.487. The van der Waals surface area contributed by atoms with Crippen molar-refractivity contribution in [3.63, 3.8) is 0 Å². The van der Waals surface area contributed by atoms with Crippen LogP contribution in [-0.4, -0.2) is 22.4 Å². The molecule has 2 heteroatoms. The molecule has 2 rings (SSSR count). The summed E-state index contributed by atoms with van der Waals surface area (Å²) in [7, 11) is 0. The summed E-state index contributed by atoms with van der Waals surface area (Å²) in [5.74, 6) is 0.843. The SMILES string of the molecule is O[C@@H]1CC2CC1C[C@@H]2O. The topological polar surface area (TPSA) is 40.5 Å². The number of aliphatic hydroxyl groups excluding tert-OH is 2. The van der Waals surface area contributed by atoms with Gasteiger partial charge in [0.2, 0.25) is 0 Å². The molecule has 0 aliphatic heterocycles. The second kappa shape index (κ2) is 1.70. The molecular weight excluding hydrogens is 116 g/mol. The minimum absolute atomic E-state index is 0.0987. The first-order valence-electron chi connectivity index (χ1n) is 3.63. The van der Waals surface area contributed by atoms with Crippen molar-refractivity contribution in [2.75, 3.05) is 0 Å². The molecule has 0 heterocycles. The molecule has 0 radical (unpaired) electrons. The zero-order valence-corrected chi connectivity index (χ0v) is 5.33. The Hall–Kier alpha value is -0.0800. The van der Waals surface area contributed by atoms with E-state index in [1.54, 1.807) is 0 Å². The van der Waals surface area contributed by atoms with E-state index in [9.17, 15) is 10.2 Å². The van der Waals surface area contributed by atoms with Crippen LogP contribution in [-0.2, 0) is 0 Å². The maximum Gasteiger partial charge on any atom is 0.0573 e. The summed E-state index contributed by atoms with van der Waals surface area (Å²) in [6.45, 7) is 0. The van der Waals surface area contributed by atoms with E-state index in [-0.39, 0.29) is 12.2 Å². The van der Waals surface area contributed by atoms with Gasteiger partial charge in [0, 0.05) is 0 Å². The molecule has 0 aromatic rings. The van der Waals surface area contributed by atoms with Crippen LogP contribution in [0.15, 0.2) is 0 Å². The van der Waals surface area contributed by atoms with E-state index in [0.717, 1.165) is 19.3 Å². The first kappa shape index (κ1) is 5.69. The molecule has 2 aliphatic rings. The predicted molar refractivity (Wildman–Crippen MR) is 32.8 cm³/mol. The lowest BCUT2D eigenvalue weighted by atomic mass is 9.95. The molecule has 2 bridgehead atoms. The van der Waals surface area contributed by atoms with Crippen LogP contribution in [0.5, 0.6) is 0 Å². The van der Waals surface area contributed by atoms with Gasteiger partial charge in [0.15, 0.2) is 0 Å². The van der Waals surface area contributed by atoms with E-state index in [0.29, 0.717) is 11.8 Å². The van der Waals surface area contributed by atoms with Gasteiger partial charge in [0.1, 0.15) is 0 Å². The van der Waals surface area contributed by atoms with E-state index in [4.69, 9.17) is 0 Å². The van der Waals surface area contributed by atoms with Gasteiger partial charge in [-0.15, -0.1) is 0 Å². The molecular formula is C7H12O2. The average molecular weight is 128 g/mol. The van der Waals surface area contributed by atoms with Crippen LogP contribution in [0.2, 0.25) is 0 Å². The third kappa shape index (κ3) is 0.700. The standard InChI is InChI=1S/C7H12O2/c8-6-2-4-1-5(6)3-7(4)9/h4-9H,1-3H2/t4?,5?,6-,7+. The lowest BCUT2D eigenvalue weighted by Gasteiger charge is -2.19. The molecule has 2 unspecified atom stereocenters. The van der Waals surface area contributed by atoms with Crippen LogP contribution in [0.4, 0.5) is 0 Å². The van der Waals surface area contributed by atoms with Crippen molar-refractivity contribution in [2.24, 2.45) is 11.8 Å². The van der Waals surface area contributed by atoms with Gasteiger partial charge in [-0.05, 0) is 31.1 Å². The maximum atomic E-state index is 9.23. The predicted octanol–water partition coefficient (Wildman–Crippen LogP) is 0.138. The summed E-state index contributed by atoms with van der Waals surface area (Å²) < 4.78 is 0. The number of fused-ring (bicyclic) bond motifs is 2. The zero-order valence-electron chi connectivity index (χ0n) is 5.33. The van der Waals surface area contributed by atoms with E-state index >= 15 is 0 Å². The van der Waals surface area contributed by atoms with Crippen molar-refractivity contribution < 1.29 is 10.2 Å². The average Bonchev–Trinajstić information content (AvgIpc) is 2.24. The van der Waals surface area contributed by atoms with Crippen LogP contribution >= 0.6 is 0 Å².